The lowest BCUT2D eigenvalue weighted by molar-refractivity contribution is -0.138. The van der Waals surface area contributed by atoms with Crippen molar-refractivity contribution in [2.75, 3.05) is 12.3 Å². The van der Waals surface area contributed by atoms with Gasteiger partial charge in [-0.1, -0.05) is 73.1 Å². The normalized spacial score (nSPS) is 11.5. The lowest BCUT2D eigenvalue weighted by Crippen LogP contribution is -2.51. The zero-order valence-corrected chi connectivity index (χ0v) is 20.9. The highest BCUT2D eigenvalue weighted by Crippen LogP contribution is 2.23. The lowest BCUT2D eigenvalue weighted by atomic mass is 10.0. The molecular formula is C27H27ClN2O4S. The number of aliphatic carboxylic acids is 1. The Labute approximate surface area is 214 Å². The van der Waals surface area contributed by atoms with E-state index in [2.05, 4.69) is 5.32 Å². The van der Waals surface area contributed by atoms with Gasteiger partial charge in [0, 0.05) is 28.6 Å². The summed E-state index contributed by atoms with van der Waals surface area (Å²) in [7, 11) is 0. The van der Waals surface area contributed by atoms with Crippen molar-refractivity contribution >= 4 is 41.3 Å². The molecule has 0 aliphatic carbocycles. The molecule has 8 heteroatoms. The Balaban J connectivity index is 1.70. The van der Waals surface area contributed by atoms with E-state index in [0.717, 1.165) is 21.6 Å². The van der Waals surface area contributed by atoms with E-state index in [9.17, 15) is 19.5 Å². The van der Waals surface area contributed by atoms with Crippen LogP contribution in [0.25, 0.3) is 11.1 Å². The van der Waals surface area contributed by atoms with Gasteiger partial charge in [-0.2, -0.15) is 11.8 Å². The molecule has 0 aromatic heterocycles. The van der Waals surface area contributed by atoms with Crippen LogP contribution in [0.15, 0.2) is 78.9 Å². The second kappa shape index (κ2) is 13.0. The topological polar surface area (TPSA) is 86.7 Å². The maximum absolute atomic E-state index is 13.3. The number of halogens is 1. The molecule has 0 unspecified atom stereocenters. The van der Waals surface area contributed by atoms with Crippen molar-refractivity contribution in [2.45, 2.75) is 25.1 Å². The van der Waals surface area contributed by atoms with E-state index >= 15 is 0 Å². The first-order chi connectivity index (χ1) is 16.9. The summed E-state index contributed by atoms with van der Waals surface area (Å²) in [4.78, 5) is 39.1. The monoisotopic (exact) mass is 510 g/mol. The lowest BCUT2D eigenvalue weighted by Gasteiger charge is -2.23. The Bertz CT molecular complexity index is 1160. The molecule has 0 radical (unpaired) electrons. The molecule has 35 heavy (non-hydrogen) atoms. The van der Waals surface area contributed by atoms with Crippen LogP contribution in [0, 0.1) is 0 Å². The van der Waals surface area contributed by atoms with Gasteiger partial charge in [0.1, 0.15) is 6.04 Å². The number of nitrogens with one attached hydrogen (secondary N) is 1. The van der Waals surface area contributed by atoms with E-state index in [4.69, 9.17) is 11.6 Å². The summed E-state index contributed by atoms with van der Waals surface area (Å²) < 4.78 is 0. The third-order valence-corrected chi connectivity index (χ3v) is 6.57. The number of carboxylic acid groups (broad SMARTS) is 1. The summed E-state index contributed by atoms with van der Waals surface area (Å²) in [5, 5.41) is 12.8. The zero-order valence-electron chi connectivity index (χ0n) is 19.3. The van der Waals surface area contributed by atoms with Gasteiger partial charge in [0.05, 0.1) is 0 Å². The minimum absolute atomic E-state index is 0.166. The Morgan fingerprint density at radius 1 is 0.971 bits per heavy atom. The summed E-state index contributed by atoms with van der Waals surface area (Å²) in [6.45, 7) is 2.02. The van der Waals surface area contributed by atoms with Crippen LogP contribution in [-0.2, 0) is 10.5 Å². The minimum Gasteiger partial charge on any atom is -0.480 e. The van der Waals surface area contributed by atoms with Gasteiger partial charge in [-0.25, -0.2) is 9.59 Å². The Morgan fingerprint density at radius 2 is 1.69 bits per heavy atom. The minimum atomic E-state index is -1.15. The van der Waals surface area contributed by atoms with E-state index < -0.39 is 23.9 Å². The molecule has 3 rings (SSSR count). The second-order valence-corrected chi connectivity index (χ2v) is 9.35. The number of rotatable bonds is 10. The summed E-state index contributed by atoms with van der Waals surface area (Å²) in [5.41, 5.74) is 3.10. The Hall–Kier alpha value is -3.29. The Morgan fingerprint density at radius 3 is 2.34 bits per heavy atom. The van der Waals surface area contributed by atoms with Gasteiger partial charge in [-0.05, 0) is 47.4 Å². The molecule has 0 aliphatic heterocycles. The number of amides is 3. The molecule has 1 atom stereocenters. The van der Waals surface area contributed by atoms with Crippen LogP contribution in [0.4, 0.5) is 4.79 Å². The van der Waals surface area contributed by atoms with E-state index in [1.54, 1.807) is 30.3 Å². The number of hydrogen-bond donors (Lipinski definition) is 2. The number of carbonyl (C=O) groups excluding carboxylic acids is 2. The highest BCUT2D eigenvalue weighted by Gasteiger charge is 2.27. The third-order valence-electron chi connectivity index (χ3n) is 5.22. The molecule has 3 aromatic rings. The molecule has 182 valence electrons. The first-order valence-electron chi connectivity index (χ1n) is 11.2. The molecule has 0 fully saturated rings. The van der Waals surface area contributed by atoms with Crippen molar-refractivity contribution < 1.29 is 19.5 Å². The van der Waals surface area contributed by atoms with Crippen molar-refractivity contribution in [1.29, 1.82) is 0 Å². The van der Waals surface area contributed by atoms with Crippen LogP contribution < -0.4 is 5.32 Å². The zero-order chi connectivity index (χ0) is 25.2. The predicted octanol–water partition coefficient (Wildman–Crippen LogP) is 5.96. The van der Waals surface area contributed by atoms with Crippen LogP contribution in [0.3, 0.4) is 0 Å². The van der Waals surface area contributed by atoms with Gasteiger partial charge in [0.2, 0.25) is 0 Å². The standard InChI is InChI=1S/C27H27ClN2O4S/c1-2-15-30(25(31)22-10-6-9-21(16-22)20-11-13-23(28)14-12-20)27(34)29-24(26(32)33)18-35-17-19-7-4-3-5-8-19/h3-14,16,24H,2,15,17-18H2,1H3,(H,29,34)(H,32,33)/t24-/m0/s1. The maximum Gasteiger partial charge on any atom is 0.327 e. The second-order valence-electron chi connectivity index (χ2n) is 7.89. The number of nitrogens with zero attached hydrogens (tertiary/aromatic N) is 1. The first kappa shape index (κ1) is 26.3. The van der Waals surface area contributed by atoms with Crippen LogP contribution in [-0.4, -0.2) is 46.3 Å². The smallest absolute Gasteiger partial charge is 0.327 e. The molecule has 0 bridgehead atoms. The van der Waals surface area contributed by atoms with Gasteiger partial charge in [0.25, 0.3) is 5.91 Å². The van der Waals surface area contributed by atoms with Crippen molar-refractivity contribution in [3.63, 3.8) is 0 Å². The fourth-order valence-corrected chi connectivity index (χ4v) is 4.55. The fourth-order valence-electron chi connectivity index (χ4n) is 3.42. The number of benzene rings is 3. The molecule has 0 spiro atoms. The average molecular weight is 511 g/mol. The molecule has 0 saturated carbocycles. The van der Waals surface area contributed by atoms with Crippen molar-refractivity contribution in [3.8, 4) is 11.1 Å². The third kappa shape index (κ3) is 7.60. The van der Waals surface area contributed by atoms with Crippen LogP contribution in [0.2, 0.25) is 5.02 Å². The predicted molar refractivity (Wildman–Crippen MR) is 141 cm³/mol. The van der Waals surface area contributed by atoms with Gasteiger partial charge in [-0.3, -0.25) is 9.69 Å². The van der Waals surface area contributed by atoms with Gasteiger partial charge in [-0.15, -0.1) is 0 Å². The number of carbonyl (C=O) groups is 3. The van der Waals surface area contributed by atoms with Crippen molar-refractivity contribution in [1.82, 2.24) is 10.2 Å². The number of carboxylic acids is 1. The SMILES string of the molecule is CCCN(C(=O)N[C@@H](CSCc1ccccc1)C(=O)O)C(=O)c1cccc(-c2ccc(Cl)cc2)c1. The number of imide groups is 1. The summed E-state index contributed by atoms with van der Waals surface area (Å²) in [6.07, 6.45) is 0.538. The van der Waals surface area contributed by atoms with E-state index in [1.165, 1.54) is 11.8 Å². The van der Waals surface area contributed by atoms with E-state index in [0.29, 0.717) is 22.8 Å². The molecule has 0 saturated heterocycles. The molecule has 3 amide bonds. The highest BCUT2D eigenvalue weighted by atomic mass is 35.5. The van der Waals surface area contributed by atoms with Crippen molar-refractivity contribution in [2.24, 2.45) is 0 Å². The van der Waals surface area contributed by atoms with Gasteiger partial charge in [0.15, 0.2) is 0 Å². The number of urea groups is 1. The van der Waals surface area contributed by atoms with Gasteiger partial charge >= 0.3 is 12.0 Å². The fraction of sp³-hybridized carbons (Fsp3) is 0.222. The Kier molecular flexibility index (Phi) is 9.76. The van der Waals surface area contributed by atoms with E-state index in [1.807, 2.05) is 55.5 Å². The van der Waals surface area contributed by atoms with Gasteiger partial charge < -0.3 is 10.4 Å². The largest absolute Gasteiger partial charge is 0.480 e. The molecular weight excluding hydrogens is 484 g/mol. The van der Waals surface area contributed by atoms with Crippen molar-refractivity contribution in [3.05, 3.63) is 95.0 Å². The molecule has 3 aromatic carbocycles. The highest BCUT2D eigenvalue weighted by molar-refractivity contribution is 7.98. The summed E-state index contributed by atoms with van der Waals surface area (Å²) >= 11 is 7.38. The van der Waals surface area contributed by atoms with Crippen LogP contribution in [0.5, 0.6) is 0 Å². The average Bonchev–Trinajstić information content (AvgIpc) is 2.87. The number of hydrogen-bond acceptors (Lipinski definition) is 4. The molecule has 6 nitrogen and oxygen atoms in total. The molecule has 0 heterocycles. The quantitative estimate of drug-likeness (QED) is 0.351. The van der Waals surface area contributed by atoms with Crippen LogP contribution >= 0.6 is 23.4 Å². The summed E-state index contributed by atoms with van der Waals surface area (Å²) in [6, 6.07) is 22.0. The number of thioether (sulfide) groups is 1. The maximum atomic E-state index is 13.3. The summed E-state index contributed by atoms with van der Waals surface area (Å²) in [5.74, 6) is -0.833. The molecule has 2 N–H and O–H groups in total. The molecule has 0 aliphatic rings. The van der Waals surface area contributed by atoms with Crippen LogP contribution in [0.1, 0.15) is 29.3 Å². The van der Waals surface area contributed by atoms with E-state index in [-0.39, 0.29) is 12.3 Å². The first-order valence-corrected chi connectivity index (χ1v) is 12.7.